The standard InChI is InChI=1S/C22H24O9S/c1-28-19-9-15(24)10-20(29-2)17(19)6-5-14(23)13-32(26,27)8-7-18-21(30-3)11-16(25)12-22(18)31-4/h5-12,24-25H,13H2,1-4H3/b6-5-,8-7+. The summed E-state index contributed by atoms with van der Waals surface area (Å²) in [5, 5.41) is 20.2. The topological polar surface area (TPSA) is 129 Å². The number of aromatic hydroxyl groups is 2. The molecule has 0 radical (unpaired) electrons. The number of benzene rings is 2. The normalized spacial score (nSPS) is 11.6. The third-order valence-electron chi connectivity index (χ3n) is 4.28. The van der Waals surface area contributed by atoms with E-state index in [0.717, 1.165) is 11.5 Å². The molecular formula is C22H24O9S. The first-order chi connectivity index (χ1) is 15.1. The minimum atomic E-state index is -3.94. The van der Waals surface area contributed by atoms with Crippen LogP contribution in [0.2, 0.25) is 0 Å². The van der Waals surface area contributed by atoms with Crippen LogP contribution in [0.4, 0.5) is 0 Å². The first-order valence-corrected chi connectivity index (χ1v) is 10.9. The number of methoxy groups -OCH3 is 4. The lowest BCUT2D eigenvalue weighted by molar-refractivity contribution is -0.112. The van der Waals surface area contributed by atoms with E-state index in [1.807, 2.05) is 0 Å². The van der Waals surface area contributed by atoms with Crippen LogP contribution in [0.25, 0.3) is 12.2 Å². The van der Waals surface area contributed by atoms with Gasteiger partial charge in [0.25, 0.3) is 0 Å². The zero-order valence-corrected chi connectivity index (χ0v) is 18.8. The van der Waals surface area contributed by atoms with Crippen molar-refractivity contribution < 1.29 is 42.4 Å². The van der Waals surface area contributed by atoms with Gasteiger partial charge in [-0.1, -0.05) is 0 Å². The van der Waals surface area contributed by atoms with Crippen molar-refractivity contribution in [3.05, 3.63) is 46.9 Å². The summed E-state index contributed by atoms with van der Waals surface area (Å²) in [6.45, 7) is 0. The summed E-state index contributed by atoms with van der Waals surface area (Å²) >= 11 is 0. The quantitative estimate of drug-likeness (QED) is 0.510. The molecule has 0 aromatic heterocycles. The molecule has 0 aliphatic rings. The number of ketones is 1. The molecule has 10 heteroatoms. The summed E-state index contributed by atoms with van der Waals surface area (Å²) in [6, 6.07) is 5.29. The van der Waals surface area contributed by atoms with Crippen molar-refractivity contribution in [2.45, 2.75) is 0 Å². The van der Waals surface area contributed by atoms with Crippen LogP contribution < -0.4 is 18.9 Å². The molecule has 0 aliphatic carbocycles. The molecule has 0 spiro atoms. The Morgan fingerprint density at radius 2 is 1.16 bits per heavy atom. The van der Waals surface area contributed by atoms with E-state index < -0.39 is 21.4 Å². The predicted octanol–water partition coefficient (Wildman–Crippen LogP) is 2.80. The second kappa shape index (κ2) is 10.6. The van der Waals surface area contributed by atoms with Gasteiger partial charge in [0, 0.05) is 29.7 Å². The third kappa shape index (κ3) is 6.17. The highest BCUT2D eigenvalue weighted by molar-refractivity contribution is 7.95. The minimum absolute atomic E-state index is 0.0880. The Morgan fingerprint density at radius 3 is 1.53 bits per heavy atom. The van der Waals surface area contributed by atoms with E-state index in [4.69, 9.17) is 18.9 Å². The Kier molecular flexibility index (Phi) is 8.14. The van der Waals surface area contributed by atoms with Gasteiger partial charge in [0.15, 0.2) is 15.6 Å². The SMILES string of the molecule is COc1cc(O)cc(OC)c1/C=C\C(=O)CS(=O)(=O)/C=C/c1c(OC)cc(O)cc1OC. The summed E-state index contributed by atoms with van der Waals surface area (Å²) in [5.41, 5.74) is 0.658. The predicted molar refractivity (Wildman–Crippen MR) is 119 cm³/mol. The van der Waals surface area contributed by atoms with Gasteiger partial charge in [-0.15, -0.1) is 0 Å². The molecular weight excluding hydrogens is 440 g/mol. The monoisotopic (exact) mass is 464 g/mol. The van der Waals surface area contributed by atoms with Gasteiger partial charge < -0.3 is 29.2 Å². The molecule has 0 fully saturated rings. The van der Waals surface area contributed by atoms with Crippen LogP contribution in [-0.2, 0) is 14.6 Å². The first-order valence-electron chi connectivity index (χ1n) is 9.15. The van der Waals surface area contributed by atoms with Crippen molar-refractivity contribution in [2.24, 2.45) is 0 Å². The highest BCUT2D eigenvalue weighted by atomic mass is 32.2. The molecule has 2 N–H and O–H groups in total. The Bertz CT molecular complexity index is 1100. The van der Waals surface area contributed by atoms with Gasteiger partial charge in [-0.3, -0.25) is 4.79 Å². The van der Waals surface area contributed by atoms with Crippen molar-refractivity contribution in [1.29, 1.82) is 0 Å². The van der Waals surface area contributed by atoms with E-state index >= 15 is 0 Å². The zero-order chi connectivity index (χ0) is 23.9. The molecule has 172 valence electrons. The average molecular weight is 464 g/mol. The fourth-order valence-electron chi connectivity index (χ4n) is 2.82. The summed E-state index contributed by atoms with van der Waals surface area (Å²) in [7, 11) is 1.55. The van der Waals surface area contributed by atoms with Crippen molar-refractivity contribution >= 4 is 27.8 Å². The number of sulfone groups is 1. The van der Waals surface area contributed by atoms with E-state index in [-0.39, 0.29) is 40.1 Å². The van der Waals surface area contributed by atoms with Gasteiger partial charge in [0.1, 0.15) is 40.2 Å². The van der Waals surface area contributed by atoms with Crippen molar-refractivity contribution in [3.8, 4) is 34.5 Å². The van der Waals surface area contributed by atoms with E-state index in [9.17, 15) is 23.4 Å². The lowest BCUT2D eigenvalue weighted by Gasteiger charge is -2.11. The van der Waals surface area contributed by atoms with Crippen LogP contribution in [0, 0.1) is 0 Å². The molecule has 2 rings (SSSR count). The van der Waals surface area contributed by atoms with Crippen molar-refractivity contribution in [1.82, 2.24) is 0 Å². The van der Waals surface area contributed by atoms with Crippen LogP contribution in [0.5, 0.6) is 34.5 Å². The maximum Gasteiger partial charge on any atom is 0.179 e. The number of hydrogen-bond acceptors (Lipinski definition) is 9. The highest BCUT2D eigenvalue weighted by Gasteiger charge is 2.16. The maximum atomic E-state index is 12.4. The summed E-state index contributed by atoms with van der Waals surface area (Å²) in [5.74, 6) is -0.770. The molecule has 0 unspecified atom stereocenters. The summed E-state index contributed by atoms with van der Waals surface area (Å²) < 4.78 is 45.5. The smallest absolute Gasteiger partial charge is 0.179 e. The van der Waals surface area contributed by atoms with Gasteiger partial charge in [0.05, 0.1) is 39.6 Å². The summed E-state index contributed by atoms with van der Waals surface area (Å²) in [6.07, 6.45) is 3.67. The number of carbonyl (C=O) groups excluding carboxylic acids is 1. The molecule has 9 nitrogen and oxygen atoms in total. The Morgan fingerprint density at radius 1 is 0.781 bits per heavy atom. The number of phenols is 2. The lowest BCUT2D eigenvalue weighted by atomic mass is 10.1. The largest absolute Gasteiger partial charge is 0.508 e. The van der Waals surface area contributed by atoms with Gasteiger partial charge in [-0.25, -0.2) is 8.42 Å². The van der Waals surface area contributed by atoms with E-state index in [1.54, 1.807) is 0 Å². The van der Waals surface area contributed by atoms with Crippen LogP contribution in [0.3, 0.4) is 0 Å². The lowest BCUT2D eigenvalue weighted by Crippen LogP contribution is -2.11. The molecule has 0 saturated heterocycles. The fraction of sp³-hybridized carbons (Fsp3) is 0.227. The van der Waals surface area contributed by atoms with Crippen LogP contribution in [0.1, 0.15) is 11.1 Å². The van der Waals surface area contributed by atoms with E-state index in [1.165, 1.54) is 64.9 Å². The molecule has 0 bridgehead atoms. The van der Waals surface area contributed by atoms with Gasteiger partial charge >= 0.3 is 0 Å². The number of phenolic OH excluding ortho intramolecular Hbond substituents is 2. The average Bonchev–Trinajstić information content (AvgIpc) is 2.75. The third-order valence-corrected chi connectivity index (χ3v) is 5.52. The highest BCUT2D eigenvalue weighted by Crippen LogP contribution is 2.35. The fourth-order valence-corrected chi connectivity index (χ4v) is 3.75. The number of carbonyl (C=O) groups is 1. The summed E-state index contributed by atoms with van der Waals surface area (Å²) in [4.78, 5) is 12.3. The number of ether oxygens (including phenoxy) is 4. The zero-order valence-electron chi connectivity index (χ0n) is 18.0. The molecule has 2 aromatic carbocycles. The molecule has 32 heavy (non-hydrogen) atoms. The number of allylic oxidation sites excluding steroid dienone is 1. The molecule has 0 heterocycles. The van der Waals surface area contributed by atoms with Gasteiger partial charge in [-0.2, -0.15) is 0 Å². The number of rotatable bonds is 10. The Balaban J connectivity index is 2.25. The van der Waals surface area contributed by atoms with Crippen molar-refractivity contribution in [2.75, 3.05) is 34.2 Å². The molecule has 0 atom stereocenters. The number of hydrogen-bond donors (Lipinski definition) is 2. The Labute approximate surface area is 186 Å². The van der Waals surface area contributed by atoms with Crippen LogP contribution in [-0.4, -0.2) is 58.6 Å². The van der Waals surface area contributed by atoms with Crippen LogP contribution >= 0.6 is 0 Å². The first kappa shape index (κ1) is 24.6. The maximum absolute atomic E-state index is 12.4. The Hall–Kier alpha value is -3.66. The minimum Gasteiger partial charge on any atom is -0.508 e. The van der Waals surface area contributed by atoms with Crippen molar-refractivity contribution in [3.63, 3.8) is 0 Å². The van der Waals surface area contributed by atoms with Gasteiger partial charge in [0.2, 0.25) is 0 Å². The molecule has 0 amide bonds. The van der Waals surface area contributed by atoms with Gasteiger partial charge in [-0.05, 0) is 18.2 Å². The second-order valence-electron chi connectivity index (χ2n) is 6.44. The van der Waals surface area contributed by atoms with E-state index in [2.05, 4.69) is 0 Å². The van der Waals surface area contributed by atoms with Crippen LogP contribution in [0.15, 0.2) is 35.7 Å². The van der Waals surface area contributed by atoms with E-state index in [0.29, 0.717) is 5.56 Å². The molecule has 2 aromatic rings. The second-order valence-corrected chi connectivity index (χ2v) is 8.32. The molecule has 0 aliphatic heterocycles. The molecule has 0 saturated carbocycles.